The Bertz CT molecular complexity index is 444. The Morgan fingerprint density at radius 3 is 2.59 bits per heavy atom. The van der Waals surface area contributed by atoms with Crippen LogP contribution < -0.4 is 5.32 Å². The van der Waals surface area contributed by atoms with Crippen LogP contribution >= 0.6 is 0 Å². The van der Waals surface area contributed by atoms with Crippen molar-refractivity contribution in [3.63, 3.8) is 0 Å². The van der Waals surface area contributed by atoms with E-state index in [1.54, 1.807) is 20.8 Å². The maximum absolute atomic E-state index is 11.5. The Hall–Kier alpha value is -1.11. The van der Waals surface area contributed by atoms with Crippen molar-refractivity contribution in [2.24, 2.45) is 4.36 Å². The van der Waals surface area contributed by atoms with Gasteiger partial charge in [0.05, 0.1) is 9.73 Å². The Balaban J connectivity index is 2.61. The van der Waals surface area contributed by atoms with Crippen LogP contribution in [-0.2, 0) is 19.3 Å². The van der Waals surface area contributed by atoms with Gasteiger partial charge in [-0.1, -0.05) is 0 Å². The summed E-state index contributed by atoms with van der Waals surface area (Å²) in [6.45, 7) is 5.20. The molecular formula is C10H18N2O4S. The lowest BCUT2D eigenvalue weighted by molar-refractivity contribution is -0.119. The SMILES string of the molecule is CC(C)(C)OC(=O)N[C@H]1CC[S@](C)(=O)=NC1=O. The molecule has 0 aromatic rings. The number of carbonyl (C=O) groups excluding carboxylic acids is 2. The van der Waals surface area contributed by atoms with Crippen LogP contribution in [0.3, 0.4) is 0 Å². The summed E-state index contributed by atoms with van der Waals surface area (Å²) < 4.78 is 20.1. The van der Waals surface area contributed by atoms with Crippen molar-refractivity contribution in [2.75, 3.05) is 12.0 Å². The molecule has 1 rings (SSSR count). The van der Waals surface area contributed by atoms with Gasteiger partial charge < -0.3 is 10.1 Å². The van der Waals surface area contributed by atoms with Crippen LogP contribution in [0.15, 0.2) is 4.36 Å². The van der Waals surface area contributed by atoms with Crippen LogP contribution in [0.4, 0.5) is 4.79 Å². The number of nitrogens with zero attached hydrogens (tertiary/aromatic N) is 1. The van der Waals surface area contributed by atoms with E-state index in [4.69, 9.17) is 4.74 Å². The highest BCUT2D eigenvalue weighted by molar-refractivity contribution is 7.93. The van der Waals surface area contributed by atoms with E-state index in [1.165, 1.54) is 6.26 Å². The van der Waals surface area contributed by atoms with E-state index in [0.29, 0.717) is 12.2 Å². The number of nitrogens with one attached hydrogen (secondary N) is 1. The van der Waals surface area contributed by atoms with Gasteiger partial charge >= 0.3 is 6.09 Å². The molecule has 6 nitrogen and oxygen atoms in total. The second-order valence-electron chi connectivity index (χ2n) is 5.08. The second kappa shape index (κ2) is 4.64. The highest BCUT2D eigenvalue weighted by atomic mass is 32.2. The Morgan fingerprint density at radius 1 is 1.53 bits per heavy atom. The summed E-state index contributed by atoms with van der Waals surface area (Å²) in [5.41, 5.74) is -0.614. The fraction of sp³-hybridized carbons (Fsp3) is 0.800. The average Bonchev–Trinajstić information content (AvgIpc) is 2.06. The Kier molecular flexibility index (Phi) is 3.81. The summed E-state index contributed by atoms with van der Waals surface area (Å²) in [6, 6.07) is -0.723. The molecule has 0 saturated heterocycles. The molecule has 0 unspecified atom stereocenters. The molecule has 0 radical (unpaired) electrons. The van der Waals surface area contributed by atoms with Gasteiger partial charge in [-0.15, -0.1) is 0 Å². The zero-order valence-electron chi connectivity index (χ0n) is 10.5. The van der Waals surface area contributed by atoms with Crippen molar-refractivity contribution in [1.29, 1.82) is 0 Å². The van der Waals surface area contributed by atoms with Crippen LogP contribution in [0.25, 0.3) is 0 Å². The fourth-order valence-electron chi connectivity index (χ4n) is 1.34. The number of amides is 2. The van der Waals surface area contributed by atoms with Crippen LogP contribution in [-0.4, -0.2) is 39.9 Å². The van der Waals surface area contributed by atoms with Gasteiger partial charge in [-0.3, -0.25) is 4.79 Å². The van der Waals surface area contributed by atoms with E-state index in [9.17, 15) is 13.8 Å². The topological polar surface area (TPSA) is 84.8 Å². The molecule has 2 amide bonds. The number of hydrogen-bond donors (Lipinski definition) is 1. The number of alkyl carbamates (subject to hydrolysis) is 1. The zero-order valence-corrected chi connectivity index (χ0v) is 11.3. The smallest absolute Gasteiger partial charge is 0.408 e. The molecule has 0 aliphatic carbocycles. The first-order chi connectivity index (χ1) is 7.59. The van der Waals surface area contributed by atoms with Crippen LogP contribution in [0.5, 0.6) is 0 Å². The lowest BCUT2D eigenvalue weighted by Crippen LogP contribution is -2.45. The molecule has 17 heavy (non-hydrogen) atoms. The third-order valence-corrected chi connectivity index (χ3v) is 3.62. The predicted molar refractivity (Wildman–Crippen MR) is 64.1 cm³/mol. The van der Waals surface area contributed by atoms with Crippen LogP contribution in [0.2, 0.25) is 0 Å². The number of ether oxygens (including phenoxy) is 1. The van der Waals surface area contributed by atoms with Crippen molar-refractivity contribution in [3.8, 4) is 0 Å². The molecule has 1 N–H and O–H groups in total. The molecular weight excluding hydrogens is 244 g/mol. The number of carbonyl (C=O) groups is 2. The monoisotopic (exact) mass is 262 g/mol. The number of hydrogen-bond acceptors (Lipinski definition) is 4. The highest BCUT2D eigenvalue weighted by Gasteiger charge is 2.28. The molecule has 0 bridgehead atoms. The molecule has 1 heterocycles. The number of rotatable bonds is 1. The fourth-order valence-corrected chi connectivity index (χ4v) is 2.62. The van der Waals surface area contributed by atoms with Crippen LogP contribution in [0, 0.1) is 0 Å². The molecule has 7 heteroatoms. The lowest BCUT2D eigenvalue weighted by Gasteiger charge is -2.24. The molecule has 2 atom stereocenters. The zero-order chi connectivity index (χ0) is 13.3. The summed E-state index contributed by atoms with van der Waals surface area (Å²) in [5, 5.41) is 2.43. The van der Waals surface area contributed by atoms with Gasteiger partial charge in [0, 0.05) is 12.0 Å². The van der Waals surface area contributed by atoms with Gasteiger partial charge in [-0.2, -0.15) is 4.36 Å². The van der Waals surface area contributed by atoms with Gasteiger partial charge in [0.15, 0.2) is 0 Å². The van der Waals surface area contributed by atoms with E-state index in [-0.39, 0.29) is 0 Å². The van der Waals surface area contributed by atoms with Gasteiger partial charge in [0.2, 0.25) is 0 Å². The Labute approximate surface area is 101 Å². The van der Waals surface area contributed by atoms with Crippen LogP contribution in [0.1, 0.15) is 27.2 Å². The molecule has 1 aliphatic rings. The van der Waals surface area contributed by atoms with E-state index >= 15 is 0 Å². The van der Waals surface area contributed by atoms with E-state index in [2.05, 4.69) is 9.68 Å². The molecule has 1 aliphatic heterocycles. The summed E-state index contributed by atoms with van der Waals surface area (Å²) in [6.07, 6.45) is 1.11. The van der Waals surface area contributed by atoms with E-state index < -0.39 is 33.4 Å². The molecule has 0 aromatic carbocycles. The average molecular weight is 262 g/mol. The van der Waals surface area contributed by atoms with Gasteiger partial charge in [-0.25, -0.2) is 9.00 Å². The molecule has 0 spiro atoms. The standard InChI is InChI=1S/C10H18N2O4S/c1-10(2,3)16-9(14)11-7-5-6-17(4,15)12-8(7)13/h7H,5-6H2,1-4H3,(H,11,14)/t7-,17-/m0/s1. The van der Waals surface area contributed by atoms with Gasteiger partial charge in [0.25, 0.3) is 5.91 Å². The van der Waals surface area contributed by atoms with E-state index in [0.717, 1.165) is 0 Å². The molecule has 0 aromatic heterocycles. The summed E-state index contributed by atoms with van der Waals surface area (Å²) in [7, 11) is -2.40. The summed E-state index contributed by atoms with van der Waals surface area (Å²) in [5.74, 6) is -0.242. The second-order valence-corrected chi connectivity index (χ2v) is 7.59. The normalized spacial score (nSPS) is 29.4. The first kappa shape index (κ1) is 14.0. The maximum Gasteiger partial charge on any atom is 0.408 e. The van der Waals surface area contributed by atoms with Gasteiger partial charge in [0.1, 0.15) is 11.6 Å². The quantitative estimate of drug-likeness (QED) is 0.761. The maximum atomic E-state index is 11.5. The van der Waals surface area contributed by atoms with E-state index in [1.807, 2.05) is 0 Å². The largest absolute Gasteiger partial charge is 0.444 e. The summed E-state index contributed by atoms with van der Waals surface area (Å²) in [4.78, 5) is 22.9. The van der Waals surface area contributed by atoms with Crippen molar-refractivity contribution >= 4 is 21.7 Å². The highest BCUT2D eigenvalue weighted by Crippen LogP contribution is 2.11. The van der Waals surface area contributed by atoms with Crippen molar-refractivity contribution < 1.29 is 18.5 Å². The van der Waals surface area contributed by atoms with Crippen molar-refractivity contribution in [2.45, 2.75) is 38.8 Å². The van der Waals surface area contributed by atoms with Gasteiger partial charge in [-0.05, 0) is 27.2 Å². The first-order valence-electron chi connectivity index (χ1n) is 5.32. The van der Waals surface area contributed by atoms with Crippen molar-refractivity contribution in [3.05, 3.63) is 0 Å². The minimum atomic E-state index is -2.40. The Morgan fingerprint density at radius 2 is 2.12 bits per heavy atom. The molecule has 0 fully saturated rings. The molecule has 0 saturated carbocycles. The minimum absolute atomic E-state index is 0.305. The predicted octanol–water partition coefficient (Wildman–Crippen LogP) is 0.908. The third kappa shape index (κ3) is 4.72. The first-order valence-corrected chi connectivity index (χ1v) is 7.41. The molecule has 98 valence electrons. The van der Waals surface area contributed by atoms with Crippen molar-refractivity contribution in [1.82, 2.24) is 5.32 Å². The lowest BCUT2D eigenvalue weighted by atomic mass is 10.2. The summed E-state index contributed by atoms with van der Waals surface area (Å²) >= 11 is 0. The minimum Gasteiger partial charge on any atom is -0.444 e. The third-order valence-electron chi connectivity index (χ3n) is 2.06.